The molecular weight excluding hydrogens is 451 g/mol. The molecule has 1 atom stereocenters. The summed E-state index contributed by atoms with van der Waals surface area (Å²) >= 11 is 0. The van der Waals surface area contributed by atoms with Gasteiger partial charge in [-0.25, -0.2) is 0 Å². The number of benzene rings is 2. The first-order valence-corrected chi connectivity index (χ1v) is 9.12. The molecule has 1 aliphatic rings. The zero-order valence-corrected chi connectivity index (χ0v) is 18.4. The van der Waals surface area contributed by atoms with Gasteiger partial charge in [0.15, 0.2) is 5.96 Å². The summed E-state index contributed by atoms with van der Waals surface area (Å²) in [5, 5.41) is 6.96. The van der Waals surface area contributed by atoms with Crippen molar-refractivity contribution in [1.82, 2.24) is 10.6 Å². The molecule has 2 aromatic rings. The second-order valence-electron chi connectivity index (χ2n) is 6.59. The van der Waals surface area contributed by atoms with Crippen molar-refractivity contribution in [2.75, 3.05) is 32.1 Å². The highest BCUT2D eigenvalue weighted by atomic mass is 127. The molecule has 1 saturated heterocycles. The van der Waals surface area contributed by atoms with Gasteiger partial charge in [-0.15, -0.1) is 24.0 Å². The lowest BCUT2D eigenvalue weighted by Gasteiger charge is -2.20. The normalized spacial score (nSPS) is 16.7. The zero-order valence-electron chi connectivity index (χ0n) is 16.0. The Morgan fingerprint density at radius 3 is 2.67 bits per heavy atom. The van der Waals surface area contributed by atoms with E-state index in [4.69, 9.17) is 4.74 Å². The molecule has 0 aliphatic carbocycles. The van der Waals surface area contributed by atoms with Crippen molar-refractivity contribution in [3.8, 4) is 0 Å². The second-order valence-corrected chi connectivity index (χ2v) is 6.59. The van der Waals surface area contributed by atoms with Crippen molar-refractivity contribution in [2.45, 2.75) is 25.6 Å². The number of anilines is 1. The molecule has 0 aromatic heterocycles. The Labute approximate surface area is 179 Å². The van der Waals surface area contributed by atoms with Crippen molar-refractivity contribution < 1.29 is 4.74 Å². The molecule has 27 heavy (non-hydrogen) atoms. The number of aliphatic imine (C=N–C) groups is 1. The molecule has 0 saturated carbocycles. The fourth-order valence-electron chi connectivity index (χ4n) is 3.32. The van der Waals surface area contributed by atoms with Crippen LogP contribution in [0.15, 0.2) is 59.6 Å². The van der Waals surface area contributed by atoms with E-state index in [-0.39, 0.29) is 24.0 Å². The van der Waals surface area contributed by atoms with Gasteiger partial charge in [0, 0.05) is 45.5 Å². The topological polar surface area (TPSA) is 48.9 Å². The first-order valence-electron chi connectivity index (χ1n) is 9.12. The SMILES string of the molecule is CN=C(NCc1cccc(COC)c1)NC1CCN(c2ccccc2)C1.I. The van der Waals surface area contributed by atoms with Crippen molar-refractivity contribution in [3.63, 3.8) is 0 Å². The Morgan fingerprint density at radius 2 is 1.93 bits per heavy atom. The number of hydrogen-bond acceptors (Lipinski definition) is 3. The molecule has 5 nitrogen and oxygen atoms in total. The highest BCUT2D eigenvalue weighted by molar-refractivity contribution is 14.0. The van der Waals surface area contributed by atoms with E-state index in [1.54, 1.807) is 7.11 Å². The molecule has 2 aromatic carbocycles. The van der Waals surface area contributed by atoms with Crippen molar-refractivity contribution in [3.05, 3.63) is 65.7 Å². The number of rotatable bonds is 6. The average Bonchev–Trinajstić information content (AvgIpc) is 3.15. The third-order valence-electron chi connectivity index (χ3n) is 4.64. The van der Waals surface area contributed by atoms with Crippen molar-refractivity contribution >= 4 is 35.6 Å². The minimum absolute atomic E-state index is 0. The number of nitrogens with one attached hydrogen (secondary N) is 2. The highest BCUT2D eigenvalue weighted by Crippen LogP contribution is 2.19. The Balaban J connectivity index is 0.00000261. The van der Waals surface area contributed by atoms with E-state index in [2.05, 4.69) is 75.1 Å². The molecule has 6 heteroatoms. The third-order valence-corrected chi connectivity index (χ3v) is 4.64. The monoisotopic (exact) mass is 480 g/mol. The second kappa shape index (κ2) is 11.1. The largest absolute Gasteiger partial charge is 0.380 e. The molecule has 3 rings (SSSR count). The van der Waals surface area contributed by atoms with Gasteiger partial charge in [-0.2, -0.15) is 0 Å². The van der Waals surface area contributed by atoms with Gasteiger partial charge in [0.05, 0.1) is 6.61 Å². The lowest BCUT2D eigenvalue weighted by Crippen LogP contribution is -2.44. The van der Waals surface area contributed by atoms with Gasteiger partial charge in [-0.3, -0.25) is 4.99 Å². The van der Waals surface area contributed by atoms with Gasteiger partial charge in [-0.05, 0) is 29.7 Å². The van der Waals surface area contributed by atoms with Crippen LogP contribution in [0.4, 0.5) is 5.69 Å². The molecule has 1 fully saturated rings. The molecule has 0 spiro atoms. The van der Waals surface area contributed by atoms with Crippen LogP contribution in [0.2, 0.25) is 0 Å². The molecular formula is C21H29IN4O. The van der Waals surface area contributed by atoms with Crippen LogP contribution in [-0.2, 0) is 17.9 Å². The Kier molecular flexibility index (Phi) is 8.87. The van der Waals surface area contributed by atoms with Crippen LogP contribution in [0.25, 0.3) is 0 Å². The summed E-state index contributed by atoms with van der Waals surface area (Å²) in [5.41, 5.74) is 3.69. The summed E-state index contributed by atoms with van der Waals surface area (Å²) in [6.07, 6.45) is 1.11. The van der Waals surface area contributed by atoms with E-state index in [0.717, 1.165) is 32.0 Å². The summed E-state index contributed by atoms with van der Waals surface area (Å²) in [5.74, 6) is 0.849. The van der Waals surface area contributed by atoms with Gasteiger partial charge in [0.2, 0.25) is 0 Å². The van der Waals surface area contributed by atoms with Crippen LogP contribution < -0.4 is 15.5 Å². The summed E-state index contributed by atoms with van der Waals surface area (Å²) in [7, 11) is 3.54. The standard InChI is InChI=1S/C21H28N4O.HI/c1-22-21(23-14-17-7-6-8-18(13-17)16-26-2)24-19-11-12-25(15-19)20-9-4-3-5-10-20;/h3-10,13,19H,11-12,14-16H2,1-2H3,(H2,22,23,24);1H. The quantitative estimate of drug-likeness (QED) is 0.378. The van der Waals surface area contributed by atoms with E-state index >= 15 is 0 Å². The Bertz CT molecular complexity index is 723. The minimum Gasteiger partial charge on any atom is -0.380 e. The van der Waals surface area contributed by atoms with E-state index in [1.807, 2.05) is 7.05 Å². The fourth-order valence-corrected chi connectivity index (χ4v) is 3.32. The summed E-state index contributed by atoms with van der Waals surface area (Å²) in [6.45, 7) is 3.44. The maximum atomic E-state index is 5.20. The number of guanidine groups is 1. The average molecular weight is 480 g/mol. The molecule has 146 valence electrons. The van der Waals surface area contributed by atoms with Crippen molar-refractivity contribution in [2.24, 2.45) is 4.99 Å². The highest BCUT2D eigenvalue weighted by Gasteiger charge is 2.23. The number of nitrogens with zero attached hydrogens (tertiary/aromatic N) is 2. The molecule has 0 amide bonds. The molecule has 2 N–H and O–H groups in total. The molecule has 0 bridgehead atoms. The fraction of sp³-hybridized carbons (Fsp3) is 0.381. The van der Waals surface area contributed by atoms with Crippen LogP contribution in [0.5, 0.6) is 0 Å². The number of methoxy groups -OCH3 is 1. The summed E-state index contributed by atoms with van der Waals surface area (Å²) in [4.78, 5) is 6.79. The van der Waals surface area contributed by atoms with Crippen LogP contribution in [0.1, 0.15) is 17.5 Å². The predicted molar refractivity (Wildman–Crippen MR) is 123 cm³/mol. The first-order chi connectivity index (χ1) is 12.8. The van der Waals surface area contributed by atoms with E-state index in [0.29, 0.717) is 12.6 Å². The van der Waals surface area contributed by atoms with E-state index < -0.39 is 0 Å². The first kappa shape index (κ1) is 21.5. The molecule has 1 aliphatic heterocycles. The Hall–Kier alpha value is -1.80. The number of ether oxygens (including phenoxy) is 1. The van der Waals surface area contributed by atoms with Crippen molar-refractivity contribution in [1.29, 1.82) is 0 Å². The lowest BCUT2D eigenvalue weighted by molar-refractivity contribution is 0.185. The predicted octanol–water partition coefficient (Wildman–Crippen LogP) is 3.39. The molecule has 1 heterocycles. The maximum absolute atomic E-state index is 5.20. The smallest absolute Gasteiger partial charge is 0.191 e. The maximum Gasteiger partial charge on any atom is 0.191 e. The van der Waals surface area contributed by atoms with Gasteiger partial charge in [-0.1, -0.05) is 42.5 Å². The van der Waals surface area contributed by atoms with Crippen LogP contribution >= 0.6 is 24.0 Å². The number of hydrogen-bond donors (Lipinski definition) is 2. The van der Waals surface area contributed by atoms with Crippen LogP contribution in [0.3, 0.4) is 0 Å². The van der Waals surface area contributed by atoms with Crippen LogP contribution in [0, 0.1) is 0 Å². The molecule has 1 unspecified atom stereocenters. The van der Waals surface area contributed by atoms with E-state index in [1.165, 1.54) is 16.8 Å². The van der Waals surface area contributed by atoms with Gasteiger partial charge in [0.25, 0.3) is 0 Å². The van der Waals surface area contributed by atoms with Gasteiger partial charge < -0.3 is 20.3 Å². The summed E-state index contributed by atoms with van der Waals surface area (Å²) < 4.78 is 5.20. The van der Waals surface area contributed by atoms with Crippen LogP contribution in [-0.4, -0.2) is 39.2 Å². The third kappa shape index (κ3) is 6.39. The summed E-state index contributed by atoms with van der Waals surface area (Å²) in [6, 6.07) is 19.4. The molecule has 0 radical (unpaired) electrons. The Morgan fingerprint density at radius 1 is 1.15 bits per heavy atom. The zero-order chi connectivity index (χ0) is 18.2. The minimum atomic E-state index is 0. The van der Waals surface area contributed by atoms with Gasteiger partial charge >= 0.3 is 0 Å². The van der Waals surface area contributed by atoms with E-state index in [9.17, 15) is 0 Å². The number of para-hydroxylation sites is 1. The number of halogens is 1. The van der Waals surface area contributed by atoms with Gasteiger partial charge in [0.1, 0.15) is 0 Å². The lowest BCUT2D eigenvalue weighted by atomic mass is 10.1.